The van der Waals surface area contributed by atoms with Crippen molar-refractivity contribution in [3.8, 4) is 0 Å². The van der Waals surface area contributed by atoms with Crippen molar-refractivity contribution in [1.29, 1.82) is 0 Å². The standard InChI is InChI=1S/C8H10N2O2/c1-4-3-5(2)10-8(12)6(4)7(9)11/h3H,1-2H3,(H2,9,11)(H,10,12). The first-order chi connectivity index (χ1) is 5.52. The molecule has 0 spiro atoms. The van der Waals surface area contributed by atoms with E-state index in [1.165, 1.54) is 0 Å². The van der Waals surface area contributed by atoms with Crippen LogP contribution in [0.15, 0.2) is 10.9 Å². The van der Waals surface area contributed by atoms with Gasteiger partial charge in [-0.2, -0.15) is 0 Å². The molecule has 0 saturated carbocycles. The summed E-state index contributed by atoms with van der Waals surface area (Å²) < 4.78 is 0. The molecule has 3 N–H and O–H groups in total. The highest BCUT2D eigenvalue weighted by Crippen LogP contribution is 2.01. The van der Waals surface area contributed by atoms with Crippen LogP contribution in [0, 0.1) is 13.8 Å². The van der Waals surface area contributed by atoms with Crippen LogP contribution in [0.1, 0.15) is 21.6 Å². The minimum absolute atomic E-state index is 0.0422. The summed E-state index contributed by atoms with van der Waals surface area (Å²) in [5, 5.41) is 0. The molecule has 1 aromatic rings. The second-order valence-electron chi connectivity index (χ2n) is 2.70. The maximum Gasteiger partial charge on any atom is 0.261 e. The predicted octanol–water partition coefficient (Wildman–Crippen LogP) is 0.0906. The van der Waals surface area contributed by atoms with Crippen LogP contribution in [-0.4, -0.2) is 10.9 Å². The van der Waals surface area contributed by atoms with Gasteiger partial charge in [0.25, 0.3) is 11.5 Å². The molecule has 4 heteroatoms. The first kappa shape index (κ1) is 8.52. The van der Waals surface area contributed by atoms with Crippen molar-refractivity contribution in [2.24, 2.45) is 5.73 Å². The SMILES string of the molecule is Cc1cc(C)c(C(N)=O)c(=O)[nH]1. The average molecular weight is 166 g/mol. The maximum atomic E-state index is 11.1. The molecule has 12 heavy (non-hydrogen) atoms. The van der Waals surface area contributed by atoms with Gasteiger partial charge < -0.3 is 10.7 Å². The molecule has 0 fully saturated rings. The average Bonchev–Trinajstić information content (AvgIpc) is 1.82. The Labute approximate surface area is 69.4 Å². The summed E-state index contributed by atoms with van der Waals surface area (Å²) in [6.07, 6.45) is 0. The van der Waals surface area contributed by atoms with Gasteiger partial charge in [0.1, 0.15) is 5.56 Å². The van der Waals surface area contributed by atoms with Crippen molar-refractivity contribution < 1.29 is 4.79 Å². The molecule has 0 aliphatic heterocycles. The van der Waals surface area contributed by atoms with E-state index < -0.39 is 11.5 Å². The van der Waals surface area contributed by atoms with Gasteiger partial charge >= 0.3 is 0 Å². The van der Waals surface area contributed by atoms with E-state index in [2.05, 4.69) is 4.98 Å². The van der Waals surface area contributed by atoms with Crippen LogP contribution >= 0.6 is 0 Å². The van der Waals surface area contributed by atoms with Gasteiger partial charge in [0.15, 0.2) is 0 Å². The third kappa shape index (κ3) is 1.37. The molecule has 4 nitrogen and oxygen atoms in total. The predicted molar refractivity (Wildman–Crippen MR) is 45.1 cm³/mol. The lowest BCUT2D eigenvalue weighted by Gasteiger charge is -2.00. The quantitative estimate of drug-likeness (QED) is 0.620. The number of aromatic amines is 1. The highest BCUT2D eigenvalue weighted by Gasteiger charge is 2.09. The Bertz CT molecular complexity index is 379. The molecule has 64 valence electrons. The van der Waals surface area contributed by atoms with Gasteiger partial charge in [0, 0.05) is 5.69 Å². The van der Waals surface area contributed by atoms with E-state index >= 15 is 0 Å². The summed E-state index contributed by atoms with van der Waals surface area (Å²) in [5.74, 6) is -0.686. The van der Waals surface area contributed by atoms with Crippen LogP contribution < -0.4 is 11.3 Å². The van der Waals surface area contributed by atoms with E-state index in [0.717, 1.165) is 5.69 Å². The second kappa shape index (κ2) is 2.81. The number of aryl methyl sites for hydroxylation is 2. The van der Waals surface area contributed by atoms with Crippen LogP contribution in [0.25, 0.3) is 0 Å². The Balaban J connectivity index is 3.49. The second-order valence-corrected chi connectivity index (χ2v) is 2.70. The molecule has 0 bridgehead atoms. The summed E-state index contributed by atoms with van der Waals surface area (Å²) >= 11 is 0. The molecule has 0 atom stereocenters. The van der Waals surface area contributed by atoms with E-state index in [1.54, 1.807) is 19.9 Å². The molecular formula is C8H10N2O2. The van der Waals surface area contributed by atoms with Crippen molar-refractivity contribution >= 4 is 5.91 Å². The molecule has 0 saturated heterocycles. The Morgan fingerprint density at radius 3 is 2.50 bits per heavy atom. The Hall–Kier alpha value is -1.58. The lowest BCUT2D eigenvalue weighted by Crippen LogP contribution is -2.25. The van der Waals surface area contributed by atoms with Gasteiger partial charge in [-0.25, -0.2) is 0 Å². The zero-order valence-corrected chi connectivity index (χ0v) is 6.97. The number of pyridine rings is 1. The number of aromatic nitrogens is 1. The number of nitrogens with two attached hydrogens (primary N) is 1. The Morgan fingerprint density at radius 2 is 2.08 bits per heavy atom. The number of carbonyl (C=O) groups is 1. The number of nitrogens with one attached hydrogen (secondary N) is 1. The summed E-state index contributed by atoms with van der Waals surface area (Å²) in [6, 6.07) is 1.71. The van der Waals surface area contributed by atoms with E-state index in [-0.39, 0.29) is 5.56 Å². The van der Waals surface area contributed by atoms with Crippen LogP contribution in [0.5, 0.6) is 0 Å². The Kier molecular flexibility index (Phi) is 1.99. The van der Waals surface area contributed by atoms with Gasteiger partial charge in [-0.3, -0.25) is 9.59 Å². The molecular weight excluding hydrogens is 156 g/mol. The van der Waals surface area contributed by atoms with Gasteiger partial charge in [-0.1, -0.05) is 0 Å². The largest absolute Gasteiger partial charge is 0.365 e. The minimum Gasteiger partial charge on any atom is -0.365 e. The molecule has 0 radical (unpaired) electrons. The number of H-pyrrole nitrogens is 1. The molecule has 1 aromatic heterocycles. The van der Waals surface area contributed by atoms with Crippen molar-refractivity contribution in [2.75, 3.05) is 0 Å². The topological polar surface area (TPSA) is 76.0 Å². The number of amides is 1. The summed E-state index contributed by atoms with van der Waals surface area (Å²) in [4.78, 5) is 24.4. The third-order valence-corrected chi connectivity index (χ3v) is 1.61. The molecule has 0 aliphatic carbocycles. The first-order valence-electron chi connectivity index (χ1n) is 3.52. The summed E-state index contributed by atoms with van der Waals surface area (Å²) in [5.41, 5.74) is 5.97. The summed E-state index contributed by atoms with van der Waals surface area (Å²) in [6.45, 7) is 3.43. The fourth-order valence-corrected chi connectivity index (χ4v) is 1.16. The molecule has 1 amide bonds. The fraction of sp³-hybridized carbons (Fsp3) is 0.250. The highest BCUT2D eigenvalue weighted by atomic mass is 16.2. The maximum absolute atomic E-state index is 11.1. The van der Waals surface area contributed by atoms with Gasteiger partial charge in [0.2, 0.25) is 0 Å². The smallest absolute Gasteiger partial charge is 0.261 e. The van der Waals surface area contributed by atoms with Crippen LogP contribution in [0.3, 0.4) is 0 Å². The van der Waals surface area contributed by atoms with E-state index in [0.29, 0.717) is 5.56 Å². The number of rotatable bonds is 1. The normalized spacial score (nSPS) is 9.83. The van der Waals surface area contributed by atoms with Crippen molar-refractivity contribution in [2.45, 2.75) is 13.8 Å². The molecule has 0 aromatic carbocycles. The highest BCUT2D eigenvalue weighted by molar-refractivity contribution is 5.93. The van der Waals surface area contributed by atoms with Crippen LogP contribution in [0.4, 0.5) is 0 Å². The Morgan fingerprint density at radius 1 is 1.50 bits per heavy atom. The van der Waals surface area contributed by atoms with Gasteiger partial charge in [0.05, 0.1) is 0 Å². The first-order valence-corrected chi connectivity index (χ1v) is 3.52. The number of carbonyl (C=O) groups excluding carboxylic acids is 1. The van der Waals surface area contributed by atoms with E-state index in [4.69, 9.17) is 5.73 Å². The van der Waals surface area contributed by atoms with Crippen molar-refractivity contribution in [3.05, 3.63) is 33.2 Å². The summed E-state index contributed by atoms with van der Waals surface area (Å²) in [7, 11) is 0. The third-order valence-electron chi connectivity index (χ3n) is 1.61. The zero-order chi connectivity index (χ0) is 9.30. The van der Waals surface area contributed by atoms with Crippen LogP contribution in [0.2, 0.25) is 0 Å². The van der Waals surface area contributed by atoms with Gasteiger partial charge in [-0.05, 0) is 25.5 Å². The molecule has 0 unspecified atom stereocenters. The molecule has 0 aliphatic rings. The van der Waals surface area contributed by atoms with Crippen molar-refractivity contribution in [1.82, 2.24) is 4.98 Å². The molecule has 1 rings (SSSR count). The van der Waals surface area contributed by atoms with E-state index in [1.807, 2.05) is 0 Å². The lowest BCUT2D eigenvalue weighted by molar-refractivity contribution is 0.0998. The lowest BCUT2D eigenvalue weighted by atomic mass is 10.1. The van der Waals surface area contributed by atoms with E-state index in [9.17, 15) is 9.59 Å². The van der Waals surface area contributed by atoms with Crippen molar-refractivity contribution in [3.63, 3.8) is 0 Å². The molecule has 1 heterocycles. The number of hydrogen-bond donors (Lipinski definition) is 2. The minimum atomic E-state index is -0.686. The van der Waals surface area contributed by atoms with Crippen LogP contribution in [-0.2, 0) is 0 Å². The zero-order valence-electron chi connectivity index (χ0n) is 6.97. The monoisotopic (exact) mass is 166 g/mol. The van der Waals surface area contributed by atoms with Gasteiger partial charge in [-0.15, -0.1) is 0 Å². The number of primary amides is 1. The number of hydrogen-bond acceptors (Lipinski definition) is 2. The fourth-order valence-electron chi connectivity index (χ4n) is 1.16.